The van der Waals surface area contributed by atoms with Gasteiger partial charge in [0.05, 0.1) is 12.2 Å². The lowest BCUT2D eigenvalue weighted by Gasteiger charge is -2.22. The van der Waals surface area contributed by atoms with Crippen molar-refractivity contribution >= 4 is 0 Å². The van der Waals surface area contributed by atoms with Gasteiger partial charge in [-0.15, -0.1) is 0 Å². The lowest BCUT2D eigenvalue weighted by Crippen LogP contribution is -2.26. The van der Waals surface area contributed by atoms with Crippen molar-refractivity contribution in [1.29, 1.82) is 0 Å². The van der Waals surface area contributed by atoms with Crippen molar-refractivity contribution in [3.8, 4) is 0 Å². The molecule has 0 aliphatic carbocycles. The summed E-state index contributed by atoms with van der Waals surface area (Å²) in [7, 11) is 1.75. The van der Waals surface area contributed by atoms with Gasteiger partial charge in [-0.1, -0.05) is 13.8 Å². The van der Waals surface area contributed by atoms with Crippen molar-refractivity contribution in [2.75, 3.05) is 33.4 Å². The summed E-state index contributed by atoms with van der Waals surface area (Å²) in [5.74, 6) is 0.810. The van der Waals surface area contributed by atoms with E-state index in [-0.39, 0.29) is 5.60 Å². The summed E-state index contributed by atoms with van der Waals surface area (Å²) in [4.78, 5) is 0. The highest BCUT2D eigenvalue weighted by Gasteiger charge is 2.15. The molecule has 3 heteroatoms. The van der Waals surface area contributed by atoms with E-state index in [2.05, 4.69) is 33.0 Å². The molecule has 0 rings (SSSR count). The maximum Gasteiger partial charge on any atom is 0.0644 e. The van der Waals surface area contributed by atoms with E-state index in [1.807, 2.05) is 0 Å². The lowest BCUT2D eigenvalue weighted by molar-refractivity contribution is -0.00934. The molecule has 3 nitrogen and oxygen atoms in total. The molecule has 0 aliphatic heterocycles. The Balaban J connectivity index is 3.14. The predicted molar refractivity (Wildman–Crippen MR) is 73.5 cm³/mol. The van der Waals surface area contributed by atoms with Crippen molar-refractivity contribution in [2.24, 2.45) is 5.92 Å². The molecular formula is C14H31NO2. The molecule has 1 N–H and O–H groups in total. The molecule has 0 aromatic carbocycles. The van der Waals surface area contributed by atoms with E-state index >= 15 is 0 Å². The van der Waals surface area contributed by atoms with Gasteiger partial charge < -0.3 is 14.8 Å². The van der Waals surface area contributed by atoms with Crippen LogP contribution in [0.2, 0.25) is 0 Å². The van der Waals surface area contributed by atoms with Gasteiger partial charge in [-0.2, -0.15) is 0 Å². The molecule has 0 radical (unpaired) electrons. The first-order chi connectivity index (χ1) is 7.98. The van der Waals surface area contributed by atoms with Gasteiger partial charge in [-0.3, -0.25) is 0 Å². The van der Waals surface area contributed by atoms with Crippen LogP contribution in [0, 0.1) is 5.92 Å². The molecule has 0 saturated heterocycles. The van der Waals surface area contributed by atoms with Crippen LogP contribution >= 0.6 is 0 Å². The Kier molecular flexibility index (Phi) is 9.79. The standard InChI is InChI=1S/C14H31NO2/c1-13(2)7-6-9-15-10-12-17-11-8-14(3,4)16-5/h13,15H,6-12H2,1-5H3. The summed E-state index contributed by atoms with van der Waals surface area (Å²) < 4.78 is 10.9. The van der Waals surface area contributed by atoms with Crippen LogP contribution in [0.25, 0.3) is 0 Å². The second-order valence-corrected chi connectivity index (χ2v) is 5.61. The molecule has 0 aromatic heterocycles. The Labute approximate surface area is 107 Å². The highest BCUT2D eigenvalue weighted by molar-refractivity contribution is 4.66. The third-order valence-electron chi connectivity index (χ3n) is 2.96. The van der Waals surface area contributed by atoms with Crippen molar-refractivity contribution in [3.05, 3.63) is 0 Å². The topological polar surface area (TPSA) is 30.5 Å². The minimum absolute atomic E-state index is 0.0648. The number of nitrogens with one attached hydrogen (secondary N) is 1. The molecule has 0 atom stereocenters. The van der Waals surface area contributed by atoms with Gasteiger partial charge in [0, 0.05) is 20.3 Å². The SMILES string of the molecule is COC(C)(C)CCOCCNCCCC(C)C. The monoisotopic (exact) mass is 245 g/mol. The number of ether oxygens (including phenoxy) is 2. The summed E-state index contributed by atoms with van der Waals surface area (Å²) in [6.07, 6.45) is 3.50. The second kappa shape index (κ2) is 9.86. The number of hydrogen-bond donors (Lipinski definition) is 1. The molecule has 0 saturated carbocycles. The van der Waals surface area contributed by atoms with Gasteiger partial charge in [-0.25, -0.2) is 0 Å². The van der Waals surface area contributed by atoms with Crippen LogP contribution in [-0.2, 0) is 9.47 Å². The van der Waals surface area contributed by atoms with Crippen molar-refractivity contribution in [2.45, 2.75) is 52.6 Å². The van der Waals surface area contributed by atoms with E-state index in [0.717, 1.165) is 38.6 Å². The van der Waals surface area contributed by atoms with Crippen LogP contribution in [-0.4, -0.2) is 39.0 Å². The second-order valence-electron chi connectivity index (χ2n) is 5.61. The van der Waals surface area contributed by atoms with Crippen LogP contribution in [0.5, 0.6) is 0 Å². The number of rotatable bonds is 11. The van der Waals surface area contributed by atoms with E-state index in [4.69, 9.17) is 9.47 Å². The predicted octanol–water partition coefficient (Wildman–Crippen LogP) is 2.84. The summed E-state index contributed by atoms with van der Waals surface area (Å²) in [5, 5.41) is 3.40. The molecule has 0 spiro atoms. The molecule has 104 valence electrons. The largest absolute Gasteiger partial charge is 0.380 e. The minimum atomic E-state index is -0.0648. The van der Waals surface area contributed by atoms with Gasteiger partial charge in [0.25, 0.3) is 0 Å². The highest BCUT2D eigenvalue weighted by atomic mass is 16.5. The first kappa shape index (κ1) is 16.9. The summed E-state index contributed by atoms with van der Waals surface area (Å²) in [6, 6.07) is 0. The maximum atomic E-state index is 5.56. The molecule has 0 amide bonds. The summed E-state index contributed by atoms with van der Waals surface area (Å²) in [5.41, 5.74) is -0.0648. The fraction of sp³-hybridized carbons (Fsp3) is 1.00. The Bertz CT molecular complexity index is 170. The summed E-state index contributed by atoms with van der Waals surface area (Å²) >= 11 is 0. The van der Waals surface area contributed by atoms with Crippen LogP contribution < -0.4 is 5.32 Å². The molecule has 0 aromatic rings. The normalized spacial score (nSPS) is 12.4. The third-order valence-corrected chi connectivity index (χ3v) is 2.96. The van der Waals surface area contributed by atoms with Crippen molar-refractivity contribution < 1.29 is 9.47 Å². The average Bonchev–Trinajstić information content (AvgIpc) is 2.26. The van der Waals surface area contributed by atoms with E-state index in [9.17, 15) is 0 Å². The van der Waals surface area contributed by atoms with Crippen LogP contribution in [0.4, 0.5) is 0 Å². The third kappa shape index (κ3) is 12.1. The Hall–Kier alpha value is -0.120. The zero-order chi connectivity index (χ0) is 13.1. The minimum Gasteiger partial charge on any atom is -0.380 e. The van der Waals surface area contributed by atoms with E-state index in [1.54, 1.807) is 7.11 Å². The average molecular weight is 245 g/mol. The van der Waals surface area contributed by atoms with Crippen molar-refractivity contribution in [3.63, 3.8) is 0 Å². The van der Waals surface area contributed by atoms with Crippen LogP contribution in [0.15, 0.2) is 0 Å². The molecule has 0 fully saturated rings. The van der Waals surface area contributed by atoms with Gasteiger partial charge in [0.1, 0.15) is 0 Å². The Morgan fingerprint density at radius 2 is 1.82 bits per heavy atom. The highest BCUT2D eigenvalue weighted by Crippen LogP contribution is 2.12. The fourth-order valence-electron chi connectivity index (χ4n) is 1.43. The van der Waals surface area contributed by atoms with Crippen LogP contribution in [0.3, 0.4) is 0 Å². The maximum absolute atomic E-state index is 5.56. The van der Waals surface area contributed by atoms with Gasteiger partial charge in [0.15, 0.2) is 0 Å². The molecule has 0 aliphatic rings. The van der Waals surface area contributed by atoms with Crippen LogP contribution in [0.1, 0.15) is 47.0 Å². The number of methoxy groups -OCH3 is 1. The first-order valence-electron chi connectivity index (χ1n) is 6.81. The van der Waals surface area contributed by atoms with Gasteiger partial charge in [0.2, 0.25) is 0 Å². The fourth-order valence-corrected chi connectivity index (χ4v) is 1.43. The van der Waals surface area contributed by atoms with E-state index in [0.29, 0.717) is 0 Å². The Morgan fingerprint density at radius 3 is 2.41 bits per heavy atom. The first-order valence-corrected chi connectivity index (χ1v) is 6.81. The Morgan fingerprint density at radius 1 is 1.12 bits per heavy atom. The molecule has 0 heterocycles. The smallest absolute Gasteiger partial charge is 0.0644 e. The molecule has 0 unspecified atom stereocenters. The zero-order valence-electron chi connectivity index (χ0n) is 12.3. The van der Waals surface area contributed by atoms with Crippen molar-refractivity contribution in [1.82, 2.24) is 5.32 Å². The van der Waals surface area contributed by atoms with E-state index < -0.39 is 0 Å². The molecular weight excluding hydrogens is 214 g/mol. The van der Waals surface area contributed by atoms with Gasteiger partial charge >= 0.3 is 0 Å². The van der Waals surface area contributed by atoms with E-state index in [1.165, 1.54) is 12.8 Å². The zero-order valence-corrected chi connectivity index (χ0v) is 12.3. The summed E-state index contributed by atoms with van der Waals surface area (Å²) in [6.45, 7) is 12.3. The van der Waals surface area contributed by atoms with Gasteiger partial charge in [-0.05, 0) is 45.6 Å². The molecule has 0 bridgehead atoms. The quantitative estimate of drug-likeness (QED) is 0.568. The lowest BCUT2D eigenvalue weighted by atomic mass is 10.1. The number of hydrogen-bond acceptors (Lipinski definition) is 3. The molecule has 17 heavy (non-hydrogen) atoms.